The van der Waals surface area contributed by atoms with E-state index in [4.69, 9.17) is 16.3 Å². The number of rotatable bonds is 6. The van der Waals surface area contributed by atoms with Gasteiger partial charge >= 0.3 is 0 Å². The summed E-state index contributed by atoms with van der Waals surface area (Å²) in [6.45, 7) is 7.64. The van der Waals surface area contributed by atoms with Crippen LogP contribution in [0.25, 0.3) is 0 Å². The highest BCUT2D eigenvalue weighted by molar-refractivity contribution is 7.89. The third kappa shape index (κ3) is 5.13. The molecule has 178 valence electrons. The van der Waals surface area contributed by atoms with Crippen LogP contribution in [0.4, 0.5) is 5.69 Å². The van der Waals surface area contributed by atoms with E-state index in [2.05, 4.69) is 36.9 Å². The molecule has 0 unspecified atom stereocenters. The number of carbonyl (C=O) groups excluding carboxylic acids is 1. The minimum atomic E-state index is -3.72. The van der Waals surface area contributed by atoms with E-state index in [1.54, 1.807) is 11.0 Å². The Hall–Kier alpha value is -2.29. The molecular weight excluding hydrogens is 462 g/mol. The van der Waals surface area contributed by atoms with E-state index in [9.17, 15) is 13.2 Å². The van der Waals surface area contributed by atoms with Gasteiger partial charge in [0.1, 0.15) is 10.6 Å². The fraction of sp³-hybridized carbons (Fsp3) is 0.458. The Kier molecular flexibility index (Phi) is 7.16. The largest absolute Gasteiger partial charge is 0.482 e. The van der Waals surface area contributed by atoms with E-state index in [0.29, 0.717) is 31.2 Å². The highest BCUT2D eigenvalue weighted by Crippen LogP contribution is 2.31. The van der Waals surface area contributed by atoms with Gasteiger partial charge in [0.25, 0.3) is 5.91 Å². The summed E-state index contributed by atoms with van der Waals surface area (Å²) in [4.78, 5) is 16.9. The summed E-state index contributed by atoms with van der Waals surface area (Å²) in [7, 11) is -3.72. The molecule has 0 N–H and O–H groups in total. The quantitative estimate of drug-likeness (QED) is 0.618. The van der Waals surface area contributed by atoms with Gasteiger partial charge in [0.2, 0.25) is 10.0 Å². The number of ether oxygens (including phenoxy) is 1. The van der Waals surface area contributed by atoms with Crippen molar-refractivity contribution >= 4 is 33.2 Å². The van der Waals surface area contributed by atoms with E-state index in [1.165, 1.54) is 33.3 Å². The van der Waals surface area contributed by atoms with Crippen LogP contribution in [0.2, 0.25) is 5.02 Å². The third-order valence-electron chi connectivity index (χ3n) is 6.49. The predicted molar refractivity (Wildman–Crippen MR) is 130 cm³/mol. The second-order valence-electron chi connectivity index (χ2n) is 8.58. The van der Waals surface area contributed by atoms with E-state index in [0.717, 1.165) is 25.9 Å². The zero-order valence-electron chi connectivity index (χ0n) is 19.1. The number of amides is 1. The molecule has 0 bridgehead atoms. The fourth-order valence-corrected chi connectivity index (χ4v) is 6.29. The molecule has 2 aliphatic rings. The van der Waals surface area contributed by atoms with Gasteiger partial charge in [0.05, 0.1) is 0 Å². The Morgan fingerprint density at radius 1 is 1.00 bits per heavy atom. The van der Waals surface area contributed by atoms with Gasteiger partial charge in [0, 0.05) is 50.0 Å². The smallest absolute Gasteiger partial charge is 0.260 e. The predicted octanol–water partition coefficient (Wildman–Crippen LogP) is 3.47. The molecule has 9 heteroatoms. The maximum absolute atomic E-state index is 13.1. The molecule has 2 fully saturated rings. The number of halogens is 1. The first-order valence-electron chi connectivity index (χ1n) is 11.3. The highest BCUT2D eigenvalue weighted by atomic mass is 35.5. The molecule has 0 aromatic heterocycles. The number of carbonyl (C=O) groups is 1. The van der Waals surface area contributed by atoms with Crippen molar-refractivity contribution in [1.82, 2.24) is 9.21 Å². The fourth-order valence-electron chi connectivity index (χ4n) is 4.38. The minimum Gasteiger partial charge on any atom is -0.482 e. The number of anilines is 1. The molecule has 2 aromatic rings. The van der Waals surface area contributed by atoms with Crippen LogP contribution in [0, 0.1) is 13.8 Å². The molecule has 0 atom stereocenters. The molecule has 0 radical (unpaired) electrons. The Morgan fingerprint density at radius 3 is 2.39 bits per heavy atom. The number of hydrogen-bond acceptors (Lipinski definition) is 5. The Morgan fingerprint density at radius 2 is 1.70 bits per heavy atom. The molecule has 4 rings (SSSR count). The molecule has 0 aliphatic carbocycles. The Labute approximate surface area is 200 Å². The number of nitrogens with zero attached hydrogens (tertiary/aromatic N) is 3. The highest BCUT2D eigenvalue weighted by Gasteiger charge is 2.31. The van der Waals surface area contributed by atoms with Crippen molar-refractivity contribution < 1.29 is 17.9 Å². The summed E-state index contributed by atoms with van der Waals surface area (Å²) in [5.41, 5.74) is 3.72. The van der Waals surface area contributed by atoms with Crippen molar-refractivity contribution in [1.29, 1.82) is 0 Å². The lowest BCUT2D eigenvalue weighted by Gasteiger charge is -2.37. The van der Waals surface area contributed by atoms with Gasteiger partial charge in [-0.3, -0.25) is 4.79 Å². The third-order valence-corrected chi connectivity index (χ3v) is 8.64. The van der Waals surface area contributed by atoms with Crippen molar-refractivity contribution in [3.05, 3.63) is 52.5 Å². The van der Waals surface area contributed by atoms with E-state index >= 15 is 0 Å². The van der Waals surface area contributed by atoms with Gasteiger partial charge in [-0.15, -0.1) is 0 Å². The van der Waals surface area contributed by atoms with Crippen molar-refractivity contribution in [2.45, 2.75) is 31.6 Å². The monoisotopic (exact) mass is 491 g/mol. The topological polar surface area (TPSA) is 70.2 Å². The zero-order chi connectivity index (χ0) is 23.6. The van der Waals surface area contributed by atoms with Crippen LogP contribution in [0.5, 0.6) is 5.75 Å². The van der Waals surface area contributed by atoms with Crippen LogP contribution in [0.15, 0.2) is 41.3 Å². The maximum atomic E-state index is 13.1. The Bertz CT molecular complexity index is 1120. The summed E-state index contributed by atoms with van der Waals surface area (Å²) in [5.74, 6) is 0.00348. The lowest BCUT2D eigenvalue weighted by atomic mass is 10.1. The van der Waals surface area contributed by atoms with E-state index in [1.807, 2.05) is 0 Å². The number of piperazine rings is 1. The van der Waals surface area contributed by atoms with Gasteiger partial charge in [-0.05, 0) is 62.1 Å². The first kappa shape index (κ1) is 23.9. The number of aryl methyl sites for hydroxylation is 1. The summed E-state index contributed by atoms with van der Waals surface area (Å²) in [6.07, 6.45) is 1.67. The normalized spacial score (nSPS) is 17.4. The minimum absolute atomic E-state index is 0.0180. The standard InChI is InChI=1S/C24H30ClN3O4S/c1-18-6-5-7-21(19(18)2)26-12-14-27(15-13-26)24(29)17-32-22-9-8-20(25)16-23(22)33(30,31)28-10-3-4-11-28/h5-9,16H,3-4,10-15,17H2,1-2H3. The molecule has 2 saturated heterocycles. The maximum Gasteiger partial charge on any atom is 0.260 e. The molecule has 0 saturated carbocycles. The molecule has 7 nitrogen and oxygen atoms in total. The van der Waals surface area contributed by atoms with Crippen LogP contribution in [0.3, 0.4) is 0 Å². The van der Waals surface area contributed by atoms with Crippen molar-refractivity contribution in [2.24, 2.45) is 0 Å². The van der Waals surface area contributed by atoms with Crippen LogP contribution in [-0.2, 0) is 14.8 Å². The lowest BCUT2D eigenvalue weighted by Crippen LogP contribution is -2.50. The van der Waals surface area contributed by atoms with Gasteiger partial charge in [-0.2, -0.15) is 4.31 Å². The van der Waals surface area contributed by atoms with Gasteiger partial charge in [-0.25, -0.2) is 8.42 Å². The van der Waals surface area contributed by atoms with Crippen molar-refractivity contribution in [3.63, 3.8) is 0 Å². The summed E-state index contributed by atoms with van der Waals surface area (Å²) in [5, 5.41) is 0.314. The summed E-state index contributed by atoms with van der Waals surface area (Å²) >= 11 is 6.08. The van der Waals surface area contributed by atoms with Gasteiger partial charge in [-0.1, -0.05) is 23.7 Å². The van der Waals surface area contributed by atoms with Crippen LogP contribution < -0.4 is 9.64 Å². The average Bonchev–Trinajstić information content (AvgIpc) is 3.36. The number of sulfonamides is 1. The van der Waals surface area contributed by atoms with E-state index < -0.39 is 10.0 Å². The Balaban J connectivity index is 1.39. The van der Waals surface area contributed by atoms with Crippen molar-refractivity contribution in [3.8, 4) is 5.75 Å². The van der Waals surface area contributed by atoms with Crippen LogP contribution in [-0.4, -0.2) is 69.4 Å². The lowest BCUT2D eigenvalue weighted by molar-refractivity contribution is -0.133. The molecule has 2 aromatic carbocycles. The molecule has 33 heavy (non-hydrogen) atoms. The van der Waals surface area contributed by atoms with E-state index in [-0.39, 0.29) is 23.2 Å². The first-order chi connectivity index (χ1) is 15.8. The van der Waals surface area contributed by atoms with Crippen molar-refractivity contribution in [2.75, 3.05) is 50.8 Å². The first-order valence-corrected chi connectivity index (χ1v) is 13.1. The molecular formula is C24H30ClN3O4S. The van der Waals surface area contributed by atoms with Gasteiger partial charge < -0.3 is 14.5 Å². The second kappa shape index (κ2) is 9.91. The van der Waals surface area contributed by atoms with Crippen LogP contribution in [0.1, 0.15) is 24.0 Å². The molecule has 2 heterocycles. The SMILES string of the molecule is Cc1cccc(N2CCN(C(=O)COc3ccc(Cl)cc3S(=O)(=O)N3CCCC3)CC2)c1C. The molecule has 0 spiro atoms. The van der Waals surface area contributed by atoms with Gasteiger partial charge in [0.15, 0.2) is 6.61 Å². The zero-order valence-corrected chi connectivity index (χ0v) is 20.7. The molecule has 1 amide bonds. The number of benzene rings is 2. The average molecular weight is 492 g/mol. The number of hydrogen-bond donors (Lipinski definition) is 0. The summed E-state index contributed by atoms with van der Waals surface area (Å²) < 4.78 is 33.3. The second-order valence-corrected chi connectivity index (χ2v) is 10.9. The summed E-state index contributed by atoms with van der Waals surface area (Å²) in [6, 6.07) is 10.8. The molecule has 2 aliphatic heterocycles. The van der Waals surface area contributed by atoms with Crippen LogP contribution >= 0.6 is 11.6 Å².